The molecule has 2 aliphatic carbocycles. The minimum atomic E-state index is -0.906. The van der Waals surface area contributed by atoms with Gasteiger partial charge in [0.05, 0.1) is 0 Å². The van der Waals surface area contributed by atoms with Gasteiger partial charge in [-0.3, -0.25) is 5.10 Å². The van der Waals surface area contributed by atoms with E-state index in [-0.39, 0.29) is 5.69 Å². The molecule has 1 heterocycles. The monoisotopic (exact) mass is 192 g/mol. The van der Waals surface area contributed by atoms with Gasteiger partial charge in [0, 0.05) is 17.2 Å². The number of carbonyl (C=O) groups is 1. The number of rotatable bonds is 2. The highest BCUT2D eigenvalue weighted by Gasteiger charge is 2.56. The van der Waals surface area contributed by atoms with Gasteiger partial charge in [0.2, 0.25) is 0 Å². The SMILES string of the molecule is CCC1[C@H]2Cc3c(C(=O)O)n[nH]c3[C@@H]12. The van der Waals surface area contributed by atoms with Gasteiger partial charge in [-0.05, 0) is 18.3 Å². The molecule has 1 aromatic rings. The molecule has 0 amide bonds. The van der Waals surface area contributed by atoms with Crippen molar-refractivity contribution in [3.63, 3.8) is 0 Å². The van der Waals surface area contributed by atoms with E-state index in [0.717, 1.165) is 23.6 Å². The fourth-order valence-electron chi connectivity index (χ4n) is 2.98. The second-order valence-electron chi connectivity index (χ2n) is 4.24. The highest BCUT2D eigenvalue weighted by molar-refractivity contribution is 5.87. The maximum absolute atomic E-state index is 10.8. The Morgan fingerprint density at radius 3 is 3.14 bits per heavy atom. The Balaban J connectivity index is 1.99. The second kappa shape index (κ2) is 2.38. The number of nitrogens with one attached hydrogen (secondary N) is 1. The molecule has 0 saturated heterocycles. The predicted octanol–water partition coefficient (Wildman–Crippen LogP) is 1.40. The third-order valence-corrected chi connectivity index (χ3v) is 3.68. The lowest BCUT2D eigenvalue weighted by Gasteiger charge is -1.99. The quantitative estimate of drug-likeness (QED) is 0.744. The maximum atomic E-state index is 10.8. The van der Waals surface area contributed by atoms with E-state index in [1.54, 1.807) is 0 Å². The van der Waals surface area contributed by atoms with Crippen molar-refractivity contribution < 1.29 is 9.90 Å². The van der Waals surface area contributed by atoms with Crippen molar-refractivity contribution in [1.82, 2.24) is 10.2 Å². The van der Waals surface area contributed by atoms with E-state index >= 15 is 0 Å². The Morgan fingerprint density at radius 1 is 1.71 bits per heavy atom. The highest BCUT2D eigenvalue weighted by atomic mass is 16.4. The zero-order valence-electron chi connectivity index (χ0n) is 7.95. The van der Waals surface area contributed by atoms with Gasteiger partial charge >= 0.3 is 5.97 Å². The minimum absolute atomic E-state index is 0.238. The van der Waals surface area contributed by atoms with Crippen molar-refractivity contribution >= 4 is 5.97 Å². The molecule has 14 heavy (non-hydrogen) atoms. The number of nitrogens with zero attached hydrogens (tertiary/aromatic N) is 1. The van der Waals surface area contributed by atoms with Crippen LogP contribution in [0.15, 0.2) is 0 Å². The number of hydrogen-bond acceptors (Lipinski definition) is 2. The lowest BCUT2D eigenvalue weighted by atomic mass is 10.1. The van der Waals surface area contributed by atoms with Crippen LogP contribution in [-0.2, 0) is 6.42 Å². The summed E-state index contributed by atoms with van der Waals surface area (Å²) in [5, 5.41) is 15.6. The zero-order valence-corrected chi connectivity index (χ0v) is 7.95. The van der Waals surface area contributed by atoms with Crippen molar-refractivity contribution in [1.29, 1.82) is 0 Å². The maximum Gasteiger partial charge on any atom is 0.356 e. The summed E-state index contributed by atoms with van der Waals surface area (Å²) in [7, 11) is 0. The van der Waals surface area contributed by atoms with Gasteiger partial charge in [0.15, 0.2) is 5.69 Å². The molecule has 0 aromatic carbocycles. The highest BCUT2D eigenvalue weighted by Crippen LogP contribution is 2.62. The van der Waals surface area contributed by atoms with Crippen molar-refractivity contribution in [3.8, 4) is 0 Å². The van der Waals surface area contributed by atoms with E-state index in [9.17, 15) is 4.79 Å². The molecular weight excluding hydrogens is 180 g/mol. The number of aromatic nitrogens is 2. The van der Waals surface area contributed by atoms with Gasteiger partial charge in [-0.1, -0.05) is 13.3 Å². The summed E-state index contributed by atoms with van der Waals surface area (Å²) in [5.74, 6) is 1.14. The van der Waals surface area contributed by atoms with E-state index in [1.807, 2.05) is 0 Å². The summed E-state index contributed by atoms with van der Waals surface area (Å²) in [6, 6.07) is 0. The lowest BCUT2D eigenvalue weighted by molar-refractivity contribution is 0.0689. The summed E-state index contributed by atoms with van der Waals surface area (Å²) in [6.45, 7) is 2.19. The molecule has 1 aromatic heterocycles. The molecule has 1 fully saturated rings. The molecule has 0 aliphatic heterocycles. The molecule has 2 aliphatic rings. The van der Waals surface area contributed by atoms with Crippen LogP contribution in [0, 0.1) is 11.8 Å². The number of aromatic carboxylic acids is 1. The van der Waals surface area contributed by atoms with Gasteiger partial charge in [-0.2, -0.15) is 5.10 Å². The van der Waals surface area contributed by atoms with Gasteiger partial charge in [-0.15, -0.1) is 0 Å². The largest absolute Gasteiger partial charge is 0.476 e. The molecule has 4 heteroatoms. The number of fused-ring (bicyclic) bond motifs is 3. The normalized spacial score (nSPS) is 32.5. The molecule has 2 N–H and O–H groups in total. The standard InChI is InChI=1S/C10H12N2O2/c1-2-4-5-3-6-8(7(4)5)11-12-9(6)10(13)14/h4-5,7H,2-3H2,1H3,(H,11,12)(H,13,14)/t4?,5-,7+/m1/s1. The predicted molar refractivity (Wildman–Crippen MR) is 49.3 cm³/mol. The number of H-pyrrole nitrogens is 1. The van der Waals surface area contributed by atoms with E-state index in [4.69, 9.17) is 5.11 Å². The van der Waals surface area contributed by atoms with Crippen molar-refractivity contribution in [2.75, 3.05) is 0 Å². The third-order valence-electron chi connectivity index (χ3n) is 3.68. The van der Waals surface area contributed by atoms with Gasteiger partial charge < -0.3 is 5.11 Å². The summed E-state index contributed by atoms with van der Waals surface area (Å²) >= 11 is 0. The van der Waals surface area contributed by atoms with Crippen molar-refractivity contribution in [3.05, 3.63) is 17.0 Å². The molecule has 0 bridgehead atoms. The van der Waals surface area contributed by atoms with Gasteiger partial charge in [-0.25, -0.2) is 4.79 Å². The van der Waals surface area contributed by atoms with E-state index in [2.05, 4.69) is 17.1 Å². The van der Waals surface area contributed by atoms with Crippen LogP contribution in [0.2, 0.25) is 0 Å². The first-order valence-electron chi connectivity index (χ1n) is 5.04. The van der Waals surface area contributed by atoms with Crippen LogP contribution >= 0.6 is 0 Å². The molecule has 0 radical (unpaired) electrons. The average molecular weight is 192 g/mol. The summed E-state index contributed by atoms with van der Waals surface area (Å²) in [4.78, 5) is 10.8. The molecule has 1 unspecified atom stereocenters. The number of carboxylic acid groups (broad SMARTS) is 1. The van der Waals surface area contributed by atoms with Crippen LogP contribution < -0.4 is 0 Å². The smallest absolute Gasteiger partial charge is 0.356 e. The van der Waals surface area contributed by atoms with Crippen LogP contribution in [0.3, 0.4) is 0 Å². The van der Waals surface area contributed by atoms with Gasteiger partial charge in [0.25, 0.3) is 0 Å². The summed E-state index contributed by atoms with van der Waals surface area (Å²) in [6.07, 6.45) is 2.10. The zero-order chi connectivity index (χ0) is 9.87. The Hall–Kier alpha value is -1.32. The average Bonchev–Trinajstić information content (AvgIpc) is 2.55. The molecular formula is C10H12N2O2. The Bertz CT molecular complexity index is 410. The van der Waals surface area contributed by atoms with Crippen LogP contribution in [0.1, 0.15) is 41.0 Å². The first-order valence-corrected chi connectivity index (χ1v) is 5.04. The first kappa shape index (κ1) is 8.03. The number of hydrogen-bond donors (Lipinski definition) is 2. The lowest BCUT2D eigenvalue weighted by Crippen LogP contribution is -2.02. The molecule has 0 spiro atoms. The second-order valence-corrected chi connectivity index (χ2v) is 4.24. The van der Waals surface area contributed by atoms with Crippen molar-refractivity contribution in [2.24, 2.45) is 11.8 Å². The van der Waals surface area contributed by atoms with Crippen LogP contribution in [0.4, 0.5) is 0 Å². The molecule has 74 valence electrons. The van der Waals surface area contributed by atoms with Crippen LogP contribution in [0.25, 0.3) is 0 Å². The Labute approximate surface area is 81.3 Å². The summed E-state index contributed by atoms with van der Waals surface area (Å²) in [5.41, 5.74) is 2.29. The molecule has 3 atom stereocenters. The summed E-state index contributed by atoms with van der Waals surface area (Å²) < 4.78 is 0. The fourth-order valence-corrected chi connectivity index (χ4v) is 2.98. The number of carboxylic acids is 1. The molecule has 1 saturated carbocycles. The van der Waals surface area contributed by atoms with E-state index in [1.165, 1.54) is 6.42 Å². The Morgan fingerprint density at radius 2 is 2.50 bits per heavy atom. The van der Waals surface area contributed by atoms with Gasteiger partial charge in [0.1, 0.15) is 0 Å². The van der Waals surface area contributed by atoms with E-state index in [0.29, 0.717) is 11.8 Å². The number of aromatic amines is 1. The third kappa shape index (κ3) is 0.786. The van der Waals surface area contributed by atoms with Crippen molar-refractivity contribution in [2.45, 2.75) is 25.7 Å². The topological polar surface area (TPSA) is 66.0 Å². The fraction of sp³-hybridized carbons (Fsp3) is 0.600. The van der Waals surface area contributed by atoms with Crippen LogP contribution in [-0.4, -0.2) is 21.3 Å². The van der Waals surface area contributed by atoms with Crippen LogP contribution in [0.5, 0.6) is 0 Å². The molecule has 4 nitrogen and oxygen atoms in total. The Kier molecular flexibility index (Phi) is 1.36. The molecule has 3 rings (SSSR count). The first-order chi connectivity index (χ1) is 6.74. The minimum Gasteiger partial charge on any atom is -0.476 e. The van der Waals surface area contributed by atoms with E-state index < -0.39 is 5.97 Å².